The van der Waals surface area contributed by atoms with Crippen LogP contribution in [0.3, 0.4) is 0 Å². The molecule has 2 saturated heterocycles. The van der Waals surface area contributed by atoms with Crippen molar-refractivity contribution in [3.63, 3.8) is 0 Å². The van der Waals surface area contributed by atoms with Crippen molar-refractivity contribution in [1.82, 2.24) is 9.80 Å². The number of carbonyl (C=O) groups is 1. The highest BCUT2D eigenvalue weighted by molar-refractivity contribution is 7.80. The van der Waals surface area contributed by atoms with E-state index in [0.29, 0.717) is 22.2 Å². The predicted molar refractivity (Wildman–Crippen MR) is 107 cm³/mol. The number of rotatable bonds is 3. The standard InChI is InChI=1S/C16H22ClN3O2.C2H6S/c17-15-9-13(18)1-2-14(15)16(21)20-6-4-19(5-7-20)10-12-3-8-22-11-12;1-2-3/h1-2,9,12H,3-8,10-11,18H2;3H,2H2,1H3. The molecule has 1 unspecified atom stereocenters. The van der Waals surface area contributed by atoms with Gasteiger partial charge in [0.05, 0.1) is 17.2 Å². The van der Waals surface area contributed by atoms with Crippen molar-refractivity contribution in [2.75, 3.05) is 57.4 Å². The number of anilines is 1. The molecule has 0 radical (unpaired) electrons. The third-order valence-electron chi connectivity index (χ3n) is 4.42. The molecule has 0 bridgehead atoms. The number of hydrogen-bond acceptors (Lipinski definition) is 5. The summed E-state index contributed by atoms with van der Waals surface area (Å²) in [7, 11) is 0. The Hall–Kier alpha value is -0.950. The average Bonchev–Trinajstić information content (AvgIpc) is 3.09. The third-order valence-corrected chi connectivity index (χ3v) is 4.74. The number of nitrogen functional groups attached to an aromatic ring is 1. The van der Waals surface area contributed by atoms with Crippen LogP contribution >= 0.6 is 24.2 Å². The molecule has 0 aliphatic carbocycles. The second kappa shape index (κ2) is 10.3. The minimum absolute atomic E-state index is 0.00569. The number of nitrogens with two attached hydrogens (primary N) is 1. The second-order valence-corrected chi connectivity index (χ2v) is 7.42. The molecule has 0 saturated carbocycles. The summed E-state index contributed by atoms with van der Waals surface area (Å²) < 4.78 is 5.42. The van der Waals surface area contributed by atoms with Crippen molar-refractivity contribution in [2.24, 2.45) is 5.92 Å². The van der Waals surface area contributed by atoms with Crippen molar-refractivity contribution in [2.45, 2.75) is 13.3 Å². The summed E-state index contributed by atoms with van der Waals surface area (Å²) in [4.78, 5) is 16.8. The summed E-state index contributed by atoms with van der Waals surface area (Å²) in [5.74, 6) is 1.59. The van der Waals surface area contributed by atoms with Crippen LogP contribution in [0.25, 0.3) is 0 Å². The minimum atomic E-state index is -0.00569. The molecule has 1 amide bonds. The SMILES string of the molecule is CCS.Nc1ccc(C(=O)N2CCN(CC3CCOC3)CC2)c(Cl)c1. The van der Waals surface area contributed by atoms with Crippen molar-refractivity contribution < 1.29 is 9.53 Å². The molecule has 1 aromatic rings. The largest absolute Gasteiger partial charge is 0.399 e. The van der Waals surface area contributed by atoms with Crippen LogP contribution in [0.1, 0.15) is 23.7 Å². The number of carbonyl (C=O) groups excluding carboxylic acids is 1. The fraction of sp³-hybridized carbons (Fsp3) is 0.611. The quantitative estimate of drug-likeness (QED) is 0.620. The first-order valence-corrected chi connectivity index (χ1v) is 9.81. The molecule has 1 atom stereocenters. The Bertz CT molecular complexity index is 559. The Labute approximate surface area is 160 Å². The number of amides is 1. The van der Waals surface area contributed by atoms with Gasteiger partial charge in [-0.05, 0) is 36.3 Å². The molecule has 140 valence electrons. The first-order chi connectivity index (χ1) is 12.0. The zero-order valence-electron chi connectivity index (χ0n) is 14.8. The molecule has 2 heterocycles. The summed E-state index contributed by atoms with van der Waals surface area (Å²) in [5, 5.41) is 0.426. The Kier molecular flexibility index (Phi) is 8.36. The highest BCUT2D eigenvalue weighted by Crippen LogP contribution is 2.22. The van der Waals surface area contributed by atoms with Gasteiger partial charge in [-0.3, -0.25) is 9.69 Å². The van der Waals surface area contributed by atoms with Gasteiger partial charge in [0.2, 0.25) is 0 Å². The lowest BCUT2D eigenvalue weighted by Gasteiger charge is -2.35. The molecule has 2 fully saturated rings. The normalized spacial score (nSPS) is 20.9. The van der Waals surface area contributed by atoms with Crippen molar-refractivity contribution in [1.29, 1.82) is 0 Å². The summed E-state index contributed by atoms with van der Waals surface area (Å²) in [6, 6.07) is 5.06. The minimum Gasteiger partial charge on any atom is -0.399 e. The zero-order valence-corrected chi connectivity index (χ0v) is 16.4. The van der Waals surface area contributed by atoms with Gasteiger partial charge in [-0.1, -0.05) is 18.5 Å². The predicted octanol–water partition coefficient (Wildman–Crippen LogP) is 2.65. The second-order valence-electron chi connectivity index (χ2n) is 6.38. The number of piperazine rings is 1. The number of thiol groups is 1. The van der Waals surface area contributed by atoms with E-state index >= 15 is 0 Å². The molecular formula is C18H28ClN3O2S. The molecule has 7 heteroatoms. The van der Waals surface area contributed by atoms with Crippen molar-refractivity contribution in [3.8, 4) is 0 Å². The summed E-state index contributed by atoms with van der Waals surface area (Å²) >= 11 is 9.92. The van der Waals surface area contributed by atoms with Crippen LogP contribution in [0.5, 0.6) is 0 Å². The van der Waals surface area contributed by atoms with E-state index in [-0.39, 0.29) is 5.91 Å². The number of benzene rings is 1. The lowest BCUT2D eigenvalue weighted by atomic mass is 10.1. The van der Waals surface area contributed by atoms with Crippen molar-refractivity contribution in [3.05, 3.63) is 28.8 Å². The van der Waals surface area contributed by atoms with E-state index in [1.54, 1.807) is 18.2 Å². The van der Waals surface area contributed by atoms with Crippen LogP contribution in [0.15, 0.2) is 18.2 Å². The van der Waals surface area contributed by atoms with Crippen LogP contribution in [-0.4, -0.2) is 67.4 Å². The van der Waals surface area contributed by atoms with Crippen LogP contribution in [0.2, 0.25) is 5.02 Å². The first kappa shape index (κ1) is 20.4. The average molecular weight is 386 g/mol. The molecule has 2 aliphatic heterocycles. The Morgan fingerprint density at radius 1 is 1.36 bits per heavy atom. The van der Waals surface area contributed by atoms with E-state index in [0.717, 1.165) is 58.1 Å². The summed E-state index contributed by atoms with van der Waals surface area (Å²) in [6.45, 7) is 8.14. The van der Waals surface area contributed by atoms with E-state index in [9.17, 15) is 4.79 Å². The topological polar surface area (TPSA) is 58.8 Å². The van der Waals surface area contributed by atoms with Gasteiger partial charge in [0.1, 0.15) is 0 Å². The van der Waals surface area contributed by atoms with Gasteiger partial charge in [-0.25, -0.2) is 0 Å². The molecular weight excluding hydrogens is 358 g/mol. The van der Waals surface area contributed by atoms with Gasteiger partial charge < -0.3 is 15.4 Å². The fourth-order valence-corrected chi connectivity index (χ4v) is 3.37. The van der Waals surface area contributed by atoms with E-state index in [4.69, 9.17) is 22.1 Å². The highest BCUT2D eigenvalue weighted by Gasteiger charge is 2.26. The number of nitrogens with zero attached hydrogens (tertiary/aromatic N) is 2. The van der Waals surface area contributed by atoms with Gasteiger partial charge in [0, 0.05) is 45.0 Å². The van der Waals surface area contributed by atoms with Gasteiger partial charge in [0.15, 0.2) is 0 Å². The van der Waals surface area contributed by atoms with E-state index in [1.807, 2.05) is 11.8 Å². The fourth-order valence-electron chi connectivity index (χ4n) is 3.10. The Morgan fingerprint density at radius 3 is 2.60 bits per heavy atom. The molecule has 25 heavy (non-hydrogen) atoms. The van der Waals surface area contributed by atoms with Crippen LogP contribution in [0, 0.1) is 5.92 Å². The molecule has 2 N–H and O–H groups in total. The zero-order chi connectivity index (χ0) is 18.2. The molecule has 2 aliphatic rings. The summed E-state index contributed by atoms with van der Waals surface area (Å²) in [6.07, 6.45) is 1.15. The maximum atomic E-state index is 12.5. The van der Waals surface area contributed by atoms with Crippen LogP contribution in [-0.2, 0) is 4.74 Å². The van der Waals surface area contributed by atoms with Gasteiger partial charge in [-0.2, -0.15) is 12.6 Å². The molecule has 5 nitrogen and oxygen atoms in total. The van der Waals surface area contributed by atoms with Gasteiger partial charge in [0.25, 0.3) is 5.91 Å². The Balaban J connectivity index is 0.000000701. The monoisotopic (exact) mass is 385 g/mol. The van der Waals surface area contributed by atoms with E-state index in [2.05, 4.69) is 17.5 Å². The van der Waals surface area contributed by atoms with Crippen LogP contribution in [0.4, 0.5) is 5.69 Å². The molecule has 0 spiro atoms. The molecule has 3 rings (SSSR count). The van der Waals surface area contributed by atoms with Crippen molar-refractivity contribution >= 4 is 35.8 Å². The van der Waals surface area contributed by atoms with Gasteiger partial charge >= 0.3 is 0 Å². The first-order valence-electron chi connectivity index (χ1n) is 8.80. The van der Waals surface area contributed by atoms with E-state index < -0.39 is 0 Å². The number of ether oxygens (including phenoxy) is 1. The summed E-state index contributed by atoms with van der Waals surface area (Å²) in [5.41, 5.74) is 6.79. The maximum Gasteiger partial charge on any atom is 0.255 e. The van der Waals surface area contributed by atoms with Crippen LogP contribution < -0.4 is 5.73 Å². The Morgan fingerprint density at radius 2 is 2.04 bits per heavy atom. The molecule has 0 aromatic heterocycles. The van der Waals surface area contributed by atoms with Gasteiger partial charge in [-0.15, -0.1) is 0 Å². The smallest absolute Gasteiger partial charge is 0.255 e. The highest BCUT2D eigenvalue weighted by atomic mass is 35.5. The maximum absolute atomic E-state index is 12.5. The van der Waals surface area contributed by atoms with E-state index in [1.165, 1.54) is 0 Å². The molecule has 1 aromatic carbocycles. The lowest BCUT2D eigenvalue weighted by molar-refractivity contribution is 0.0611. The lowest BCUT2D eigenvalue weighted by Crippen LogP contribution is -2.49. The third kappa shape index (κ3) is 6.06. The number of halogens is 1. The number of hydrogen-bond donors (Lipinski definition) is 2.